The van der Waals surface area contributed by atoms with Crippen LogP contribution in [-0.2, 0) is 19.6 Å². The number of rotatable bonds is 7. The van der Waals surface area contributed by atoms with Crippen molar-refractivity contribution in [3.8, 4) is 5.75 Å². The normalized spacial score (nSPS) is 20.7. The number of nitrogens with zero attached hydrogens (tertiary/aromatic N) is 2. The van der Waals surface area contributed by atoms with Crippen LogP contribution in [0.15, 0.2) is 18.2 Å². The maximum absolute atomic E-state index is 12.8. The zero-order valence-electron chi connectivity index (χ0n) is 17.0. The molecule has 2 aliphatic rings. The van der Waals surface area contributed by atoms with E-state index in [0.29, 0.717) is 55.9 Å². The molecular weight excluding hydrogens is 394 g/mol. The summed E-state index contributed by atoms with van der Waals surface area (Å²) in [5.74, 6) is 0.121. The standard InChI is InChI=1S/C20H29N3O5S/c1-3-12-29(26,27)22-10-4-6-15(14-22)20(25)21-16-8-9-18(28-2)17(13-16)23-11-5-7-19(23)24/h8-9,13,15H,3-7,10-12,14H2,1-2H3,(H,21,25). The summed E-state index contributed by atoms with van der Waals surface area (Å²) in [6, 6.07) is 5.21. The fourth-order valence-electron chi connectivity index (χ4n) is 3.92. The van der Waals surface area contributed by atoms with Crippen molar-refractivity contribution in [3.63, 3.8) is 0 Å². The molecule has 1 atom stereocenters. The lowest BCUT2D eigenvalue weighted by Crippen LogP contribution is -2.44. The van der Waals surface area contributed by atoms with E-state index in [9.17, 15) is 18.0 Å². The van der Waals surface area contributed by atoms with Crippen LogP contribution in [0.4, 0.5) is 11.4 Å². The highest BCUT2D eigenvalue weighted by atomic mass is 32.2. The summed E-state index contributed by atoms with van der Waals surface area (Å²) in [6.45, 7) is 3.13. The summed E-state index contributed by atoms with van der Waals surface area (Å²) < 4.78 is 31.5. The minimum Gasteiger partial charge on any atom is -0.495 e. The number of anilines is 2. The first-order valence-corrected chi connectivity index (χ1v) is 11.7. The lowest BCUT2D eigenvalue weighted by Gasteiger charge is -2.31. The molecule has 3 rings (SSSR count). The maximum Gasteiger partial charge on any atom is 0.228 e. The zero-order valence-corrected chi connectivity index (χ0v) is 17.8. The fourth-order valence-corrected chi connectivity index (χ4v) is 5.51. The van der Waals surface area contributed by atoms with Gasteiger partial charge in [-0.25, -0.2) is 12.7 Å². The Morgan fingerprint density at radius 3 is 2.72 bits per heavy atom. The molecule has 0 spiro atoms. The summed E-state index contributed by atoms with van der Waals surface area (Å²) in [5, 5.41) is 2.89. The maximum atomic E-state index is 12.8. The second kappa shape index (κ2) is 9.13. The molecule has 160 valence electrons. The number of benzene rings is 1. The van der Waals surface area contributed by atoms with Crippen LogP contribution in [0.1, 0.15) is 39.0 Å². The van der Waals surface area contributed by atoms with E-state index >= 15 is 0 Å². The molecule has 1 aromatic rings. The number of sulfonamides is 1. The summed E-state index contributed by atoms with van der Waals surface area (Å²) in [6.07, 6.45) is 3.17. The number of methoxy groups -OCH3 is 1. The molecule has 2 heterocycles. The number of ether oxygens (including phenoxy) is 1. The molecule has 0 radical (unpaired) electrons. The molecular formula is C20H29N3O5S. The van der Waals surface area contributed by atoms with E-state index in [-0.39, 0.29) is 24.1 Å². The van der Waals surface area contributed by atoms with E-state index in [1.807, 2.05) is 6.92 Å². The van der Waals surface area contributed by atoms with Gasteiger partial charge in [0.2, 0.25) is 21.8 Å². The number of carbonyl (C=O) groups is 2. The van der Waals surface area contributed by atoms with E-state index in [1.54, 1.807) is 30.2 Å². The molecule has 0 aromatic heterocycles. The summed E-state index contributed by atoms with van der Waals surface area (Å²) in [7, 11) is -1.77. The Labute approximate surface area is 172 Å². The van der Waals surface area contributed by atoms with Crippen molar-refractivity contribution >= 4 is 33.2 Å². The Hall–Kier alpha value is -2.13. The van der Waals surface area contributed by atoms with Gasteiger partial charge in [-0.15, -0.1) is 0 Å². The summed E-state index contributed by atoms with van der Waals surface area (Å²) >= 11 is 0. The molecule has 2 aliphatic heterocycles. The third kappa shape index (κ3) is 4.90. The van der Waals surface area contributed by atoms with Gasteiger partial charge in [-0.1, -0.05) is 6.92 Å². The first-order chi connectivity index (χ1) is 13.9. The third-order valence-electron chi connectivity index (χ3n) is 5.42. The summed E-state index contributed by atoms with van der Waals surface area (Å²) in [4.78, 5) is 26.6. The van der Waals surface area contributed by atoms with Gasteiger partial charge in [-0.3, -0.25) is 9.59 Å². The third-order valence-corrected chi connectivity index (χ3v) is 7.46. The smallest absolute Gasteiger partial charge is 0.228 e. The van der Waals surface area contributed by atoms with Gasteiger partial charge >= 0.3 is 0 Å². The first kappa shape index (κ1) is 21.6. The monoisotopic (exact) mass is 423 g/mol. The van der Waals surface area contributed by atoms with Gasteiger partial charge in [0.05, 0.1) is 24.5 Å². The summed E-state index contributed by atoms with van der Waals surface area (Å²) in [5.41, 5.74) is 1.21. The number of hydrogen-bond donors (Lipinski definition) is 1. The average molecular weight is 424 g/mol. The first-order valence-electron chi connectivity index (χ1n) is 10.1. The molecule has 0 saturated carbocycles. The van der Waals surface area contributed by atoms with Gasteiger partial charge in [0.25, 0.3) is 0 Å². The number of nitrogens with one attached hydrogen (secondary N) is 1. The van der Waals surface area contributed by atoms with Gasteiger partial charge in [-0.05, 0) is 43.9 Å². The Morgan fingerprint density at radius 2 is 2.07 bits per heavy atom. The van der Waals surface area contributed by atoms with Crippen LogP contribution in [-0.4, -0.2) is 57.0 Å². The molecule has 2 fully saturated rings. The lowest BCUT2D eigenvalue weighted by molar-refractivity contribution is -0.121. The topological polar surface area (TPSA) is 96.0 Å². The second-order valence-electron chi connectivity index (χ2n) is 7.54. The van der Waals surface area contributed by atoms with E-state index < -0.39 is 15.9 Å². The molecule has 1 aromatic carbocycles. The highest BCUT2D eigenvalue weighted by molar-refractivity contribution is 7.89. The predicted molar refractivity (Wildman–Crippen MR) is 112 cm³/mol. The highest BCUT2D eigenvalue weighted by Crippen LogP contribution is 2.34. The Bertz CT molecular complexity index is 871. The molecule has 8 nitrogen and oxygen atoms in total. The van der Waals surface area contributed by atoms with Crippen molar-refractivity contribution in [2.45, 2.75) is 39.0 Å². The van der Waals surface area contributed by atoms with Crippen LogP contribution in [0, 0.1) is 5.92 Å². The quantitative estimate of drug-likeness (QED) is 0.725. The van der Waals surface area contributed by atoms with Gasteiger partial charge in [0.15, 0.2) is 0 Å². The molecule has 0 aliphatic carbocycles. The molecule has 9 heteroatoms. The molecule has 1 N–H and O–H groups in total. The number of carbonyl (C=O) groups excluding carboxylic acids is 2. The van der Waals surface area contributed by atoms with Crippen LogP contribution in [0.2, 0.25) is 0 Å². The fraction of sp³-hybridized carbons (Fsp3) is 0.600. The Balaban J connectivity index is 1.72. The van der Waals surface area contributed by atoms with Crippen LogP contribution >= 0.6 is 0 Å². The van der Waals surface area contributed by atoms with Crippen molar-refractivity contribution in [2.24, 2.45) is 5.92 Å². The van der Waals surface area contributed by atoms with E-state index in [1.165, 1.54) is 4.31 Å². The number of piperidine rings is 1. The molecule has 2 amide bonds. The molecule has 2 saturated heterocycles. The van der Waals surface area contributed by atoms with Crippen molar-refractivity contribution in [1.82, 2.24) is 4.31 Å². The van der Waals surface area contributed by atoms with Crippen molar-refractivity contribution in [1.29, 1.82) is 0 Å². The van der Waals surface area contributed by atoms with Crippen LogP contribution in [0.25, 0.3) is 0 Å². The zero-order chi connectivity index (χ0) is 21.0. The SMILES string of the molecule is CCCS(=O)(=O)N1CCCC(C(=O)Nc2ccc(OC)c(N3CCCC3=O)c2)C1. The second-order valence-corrected chi connectivity index (χ2v) is 9.63. The van der Waals surface area contributed by atoms with E-state index in [0.717, 1.165) is 6.42 Å². The van der Waals surface area contributed by atoms with Crippen LogP contribution < -0.4 is 15.0 Å². The van der Waals surface area contributed by atoms with E-state index in [2.05, 4.69) is 5.32 Å². The van der Waals surface area contributed by atoms with Gasteiger partial charge < -0.3 is 15.0 Å². The van der Waals surface area contributed by atoms with E-state index in [4.69, 9.17) is 4.74 Å². The highest BCUT2D eigenvalue weighted by Gasteiger charge is 2.32. The van der Waals surface area contributed by atoms with Crippen molar-refractivity contribution in [3.05, 3.63) is 18.2 Å². The minimum absolute atomic E-state index is 0.0378. The average Bonchev–Trinajstić information content (AvgIpc) is 3.13. The molecule has 1 unspecified atom stereocenters. The number of amides is 2. The Morgan fingerprint density at radius 1 is 1.28 bits per heavy atom. The van der Waals surface area contributed by atoms with Gasteiger partial charge in [0, 0.05) is 31.7 Å². The Kier molecular flexibility index (Phi) is 6.79. The molecule has 0 bridgehead atoms. The van der Waals surface area contributed by atoms with Crippen molar-refractivity contribution < 1.29 is 22.7 Å². The van der Waals surface area contributed by atoms with Gasteiger partial charge in [-0.2, -0.15) is 0 Å². The van der Waals surface area contributed by atoms with Gasteiger partial charge in [0.1, 0.15) is 5.75 Å². The number of hydrogen-bond acceptors (Lipinski definition) is 5. The van der Waals surface area contributed by atoms with Crippen LogP contribution in [0.5, 0.6) is 5.75 Å². The van der Waals surface area contributed by atoms with Crippen LogP contribution in [0.3, 0.4) is 0 Å². The lowest BCUT2D eigenvalue weighted by atomic mass is 9.98. The largest absolute Gasteiger partial charge is 0.495 e. The molecule has 29 heavy (non-hydrogen) atoms. The predicted octanol–water partition coefficient (Wildman–Crippen LogP) is 2.21. The van der Waals surface area contributed by atoms with Crippen molar-refractivity contribution in [2.75, 3.05) is 42.7 Å². The minimum atomic E-state index is -3.31.